The number of imidazole rings is 1. The highest BCUT2D eigenvalue weighted by molar-refractivity contribution is 5.55. The molecular formula is C14H17N5O2. The molecule has 21 heavy (non-hydrogen) atoms. The van der Waals surface area contributed by atoms with Gasteiger partial charge in [0, 0.05) is 56.9 Å². The van der Waals surface area contributed by atoms with Crippen molar-refractivity contribution in [2.45, 2.75) is 19.6 Å². The van der Waals surface area contributed by atoms with Gasteiger partial charge in [0.25, 0.3) is 5.69 Å². The van der Waals surface area contributed by atoms with Gasteiger partial charge in [-0.25, -0.2) is 4.98 Å². The number of hydrogen-bond donors (Lipinski definition) is 1. The molecule has 0 saturated heterocycles. The number of aromatic nitrogens is 2. The number of nitrogens with zero attached hydrogens (tertiary/aromatic N) is 4. The lowest BCUT2D eigenvalue weighted by atomic mass is 10.1. The van der Waals surface area contributed by atoms with Crippen molar-refractivity contribution < 1.29 is 4.92 Å². The first-order chi connectivity index (χ1) is 10.2. The number of rotatable bonds is 4. The Morgan fingerprint density at radius 2 is 2.29 bits per heavy atom. The van der Waals surface area contributed by atoms with Gasteiger partial charge < -0.3 is 9.88 Å². The molecule has 0 fully saturated rings. The van der Waals surface area contributed by atoms with Gasteiger partial charge >= 0.3 is 0 Å². The van der Waals surface area contributed by atoms with Gasteiger partial charge in [-0.3, -0.25) is 15.0 Å². The first kappa shape index (κ1) is 13.6. The zero-order valence-electron chi connectivity index (χ0n) is 11.8. The van der Waals surface area contributed by atoms with Crippen LogP contribution in [0.4, 0.5) is 11.4 Å². The smallest absolute Gasteiger partial charge is 0.269 e. The molecule has 0 atom stereocenters. The quantitative estimate of drug-likeness (QED) is 0.686. The van der Waals surface area contributed by atoms with Crippen LogP contribution in [-0.2, 0) is 19.6 Å². The van der Waals surface area contributed by atoms with Crippen LogP contribution in [-0.4, -0.2) is 33.0 Å². The summed E-state index contributed by atoms with van der Waals surface area (Å²) in [5.74, 6) is 1.04. The van der Waals surface area contributed by atoms with Crippen LogP contribution in [0.1, 0.15) is 11.4 Å². The summed E-state index contributed by atoms with van der Waals surface area (Å²) >= 11 is 0. The van der Waals surface area contributed by atoms with E-state index in [1.54, 1.807) is 12.1 Å². The number of nitro groups is 1. The molecule has 1 aliphatic rings. The number of hydrogen-bond acceptors (Lipinski definition) is 5. The normalized spacial score (nSPS) is 14.7. The van der Waals surface area contributed by atoms with Crippen LogP contribution in [0.2, 0.25) is 0 Å². The van der Waals surface area contributed by atoms with E-state index >= 15 is 0 Å². The second kappa shape index (κ2) is 5.53. The lowest BCUT2D eigenvalue weighted by molar-refractivity contribution is -0.384. The Hall–Kier alpha value is -2.41. The summed E-state index contributed by atoms with van der Waals surface area (Å²) in [7, 11) is 1.83. The standard InChI is InChI=1S/C14H17N5O2/c1-15-13-3-2-12(19(20)21)8-11(13)9-17-6-7-18-5-4-16-14(18)10-17/h2-5,8,15H,6-7,9-10H2,1H3. The van der Waals surface area contributed by atoms with Gasteiger partial charge in [-0.1, -0.05) is 0 Å². The van der Waals surface area contributed by atoms with Crippen LogP contribution in [0, 0.1) is 10.1 Å². The highest BCUT2D eigenvalue weighted by Gasteiger charge is 2.19. The van der Waals surface area contributed by atoms with Crippen molar-refractivity contribution in [3.8, 4) is 0 Å². The molecule has 0 bridgehead atoms. The number of benzene rings is 1. The van der Waals surface area contributed by atoms with E-state index in [2.05, 4.69) is 19.8 Å². The second-order valence-electron chi connectivity index (χ2n) is 5.10. The number of fused-ring (bicyclic) bond motifs is 1. The fourth-order valence-corrected chi connectivity index (χ4v) is 2.67. The molecule has 1 aromatic heterocycles. The average molecular weight is 287 g/mol. The van der Waals surface area contributed by atoms with Crippen molar-refractivity contribution in [1.29, 1.82) is 0 Å². The fraction of sp³-hybridized carbons (Fsp3) is 0.357. The van der Waals surface area contributed by atoms with Crippen molar-refractivity contribution in [1.82, 2.24) is 14.5 Å². The highest BCUT2D eigenvalue weighted by Crippen LogP contribution is 2.24. The molecule has 0 amide bonds. The van der Waals surface area contributed by atoms with Crippen LogP contribution < -0.4 is 5.32 Å². The third-order valence-electron chi connectivity index (χ3n) is 3.79. The van der Waals surface area contributed by atoms with E-state index in [-0.39, 0.29) is 10.6 Å². The molecule has 1 aliphatic heterocycles. The molecule has 7 nitrogen and oxygen atoms in total. The largest absolute Gasteiger partial charge is 0.388 e. The molecule has 1 N–H and O–H groups in total. The summed E-state index contributed by atoms with van der Waals surface area (Å²) in [6.07, 6.45) is 3.80. The summed E-state index contributed by atoms with van der Waals surface area (Å²) in [4.78, 5) is 17.2. The molecule has 2 heterocycles. The van der Waals surface area contributed by atoms with Gasteiger partial charge in [-0.2, -0.15) is 0 Å². The number of non-ortho nitro benzene ring substituents is 1. The van der Waals surface area contributed by atoms with Gasteiger partial charge in [-0.15, -0.1) is 0 Å². The third-order valence-corrected chi connectivity index (χ3v) is 3.79. The summed E-state index contributed by atoms with van der Waals surface area (Å²) < 4.78 is 2.14. The Labute approximate surface area is 122 Å². The van der Waals surface area contributed by atoms with Crippen LogP contribution in [0.5, 0.6) is 0 Å². The molecule has 1 aromatic carbocycles. The summed E-state index contributed by atoms with van der Waals surface area (Å²) in [6, 6.07) is 4.93. The van der Waals surface area contributed by atoms with Crippen molar-refractivity contribution in [2.24, 2.45) is 0 Å². The Morgan fingerprint density at radius 1 is 1.43 bits per heavy atom. The summed E-state index contributed by atoms with van der Waals surface area (Å²) in [6.45, 7) is 3.25. The average Bonchev–Trinajstić information content (AvgIpc) is 2.94. The Balaban J connectivity index is 1.81. The van der Waals surface area contributed by atoms with Crippen LogP contribution in [0.25, 0.3) is 0 Å². The van der Waals surface area contributed by atoms with Crippen LogP contribution in [0.15, 0.2) is 30.6 Å². The molecule has 0 aliphatic carbocycles. The van der Waals surface area contributed by atoms with Crippen molar-refractivity contribution in [3.63, 3.8) is 0 Å². The Kier molecular flexibility index (Phi) is 3.57. The first-order valence-electron chi connectivity index (χ1n) is 6.85. The van der Waals surface area contributed by atoms with E-state index in [4.69, 9.17) is 0 Å². The highest BCUT2D eigenvalue weighted by atomic mass is 16.6. The predicted molar refractivity (Wildman–Crippen MR) is 79.0 cm³/mol. The van der Waals surface area contributed by atoms with Gasteiger partial charge in [-0.05, 0) is 11.6 Å². The maximum atomic E-state index is 10.9. The maximum Gasteiger partial charge on any atom is 0.269 e. The molecule has 7 heteroatoms. The third kappa shape index (κ3) is 2.73. The summed E-state index contributed by atoms with van der Waals surface area (Å²) in [5, 5.41) is 14.0. The Bertz CT molecular complexity index is 667. The summed E-state index contributed by atoms with van der Waals surface area (Å²) in [5.41, 5.74) is 1.99. The molecule has 0 saturated carbocycles. The predicted octanol–water partition coefficient (Wildman–Crippen LogP) is 1.85. The molecule has 2 aromatic rings. The van der Waals surface area contributed by atoms with Crippen molar-refractivity contribution >= 4 is 11.4 Å². The molecular weight excluding hydrogens is 270 g/mol. The van der Waals surface area contributed by atoms with E-state index in [1.807, 2.05) is 19.4 Å². The maximum absolute atomic E-state index is 10.9. The number of anilines is 1. The number of nitro benzene ring substituents is 1. The van der Waals surface area contributed by atoms with E-state index < -0.39 is 0 Å². The minimum absolute atomic E-state index is 0.127. The van der Waals surface area contributed by atoms with E-state index in [1.165, 1.54) is 6.07 Å². The molecule has 3 rings (SSSR count). The zero-order valence-corrected chi connectivity index (χ0v) is 11.8. The number of nitrogens with one attached hydrogen (secondary N) is 1. The fourth-order valence-electron chi connectivity index (χ4n) is 2.67. The molecule has 0 spiro atoms. The van der Waals surface area contributed by atoms with E-state index in [9.17, 15) is 10.1 Å². The van der Waals surface area contributed by atoms with Crippen LogP contribution in [0.3, 0.4) is 0 Å². The van der Waals surface area contributed by atoms with E-state index in [0.717, 1.165) is 36.7 Å². The minimum atomic E-state index is -0.355. The minimum Gasteiger partial charge on any atom is -0.388 e. The van der Waals surface area contributed by atoms with Gasteiger partial charge in [0.1, 0.15) is 5.82 Å². The van der Waals surface area contributed by atoms with Gasteiger partial charge in [0.15, 0.2) is 0 Å². The molecule has 110 valence electrons. The first-order valence-corrected chi connectivity index (χ1v) is 6.85. The monoisotopic (exact) mass is 287 g/mol. The lowest BCUT2D eigenvalue weighted by Gasteiger charge is -2.28. The SMILES string of the molecule is CNc1ccc([N+](=O)[O-])cc1CN1CCn2ccnc2C1. The van der Waals surface area contributed by atoms with Crippen LogP contribution >= 0.6 is 0 Å². The molecule has 0 radical (unpaired) electrons. The topological polar surface area (TPSA) is 76.2 Å². The van der Waals surface area contributed by atoms with Gasteiger partial charge in [0.2, 0.25) is 0 Å². The van der Waals surface area contributed by atoms with Crippen molar-refractivity contribution in [2.75, 3.05) is 18.9 Å². The van der Waals surface area contributed by atoms with Crippen molar-refractivity contribution in [3.05, 3.63) is 52.1 Å². The Morgan fingerprint density at radius 3 is 3.05 bits per heavy atom. The van der Waals surface area contributed by atoms with E-state index in [0.29, 0.717) is 6.54 Å². The zero-order chi connectivity index (χ0) is 14.8. The lowest BCUT2D eigenvalue weighted by Crippen LogP contribution is -2.33. The molecule has 0 unspecified atom stereocenters. The van der Waals surface area contributed by atoms with Gasteiger partial charge in [0.05, 0.1) is 11.5 Å². The second-order valence-corrected chi connectivity index (χ2v) is 5.10.